The number of aromatic nitrogens is 1. The van der Waals surface area contributed by atoms with Gasteiger partial charge in [-0.2, -0.15) is 11.8 Å². The first-order valence-electron chi connectivity index (χ1n) is 12.8. The van der Waals surface area contributed by atoms with Crippen LogP contribution < -0.4 is 15.5 Å². The topological polar surface area (TPSA) is 96.7 Å². The molecule has 1 aromatic heterocycles. The van der Waals surface area contributed by atoms with Crippen LogP contribution in [0.3, 0.4) is 0 Å². The molecular formula is C28H31FN4O4S. The molecule has 0 bridgehead atoms. The third-order valence-electron chi connectivity index (χ3n) is 6.74. The Morgan fingerprint density at radius 2 is 2.00 bits per heavy atom. The molecule has 2 saturated heterocycles. The van der Waals surface area contributed by atoms with Gasteiger partial charge in [0.1, 0.15) is 17.3 Å². The fourth-order valence-electron chi connectivity index (χ4n) is 4.67. The number of amides is 2. The maximum absolute atomic E-state index is 14.4. The number of anilines is 2. The number of halogens is 1. The van der Waals surface area contributed by atoms with Crippen LogP contribution in [0, 0.1) is 12.7 Å². The van der Waals surface area contributed by atoms with E-state index >= 15 is 0 Å². The van der Waals surface area contributed by atoms with Crippen molar-refractivity contribution in [2.45, 2.75) is 32.3 Å². The van der Waals surface area contributed by atoms with E-state index < -0.39 is 11.7 Å². The van der Waals surface area contributed by atoms with Crippen LogP contribution in [0.5, 0.6) is 0 Å². The first-order valence-corrected chi connectivity index (χ1v) is 14.0. The molecule has 3 heterocycles. The summed E-state index contributed by atoms with van der Waals surface area (Å²) in [6.45, 7) is 4.82. The average Bonchev–Trinajstić information content (AvgIpc) is 3.61. The summed E-state index contributed by atoms with van der Waals surface area (Å²) in [5, 5.41) is 9.89. The van der Waals surface area contributed by atoms with Crippen LogP contribution in [-0.4, -0.2) is 60.8 Å². The van der Waals surface area contributed by atoms with E-state index in [2.05, 4.69) is 20.7 Å². The van der Waals surface area contributed by atoms with Gasteiger partial charge in [0.05, 0.1) is 12.5 Å². The Bertz CT molecular complexity index is 1300. The monoisotopic (exact) mass is 538 g/mol. The SMILES string of the molecule is Cc1ccc(NC(=O)c2cc(F)cc(N3CCSCC3)c2)cc1-c1cc(CC(=O)NCC2CCCO2)on1. The zero-order chi connectivity index (χ0) is 26.5. The van der Waals surface area contributed by atoms with Crippen molar-refractivity contribution in [3.63, 3.8) is 0 Å². The number of ether oxygens (including phenoxy) is 1. The second kappa shape index (κ2) is 12.0. The zero-order valence-corrected chi connectivity index (χ0v) is 22.1. The Kier molecular flexibility index (Phi) is 8.29. The highest BCUT2D eigenvalue weighted by molar-refractivity contribution is 7.99. The molecular weight excluding hydrogens is 507 g/mol. The van der Waals surface area contributed by atoms with Gasteiger partial charge in [0, 0.05) is 66.3 Å². The highest BCUT2D eigenvalue weighted by Crippen LogP contribution is 2.28. The summed E-state index contributed by atoms with van der Waals surface area (Å²) in [4.78, 5) is 27.4. The number of carbonyl (C=O) groups is 2. The highest BCUT2D eigenvalue weighted by Gasteiger charge is 2.19. The van der Waals surface area contributed by atoms with Crippen LogP contribution in [-0.2, 0) is 16.0 Å². The molecule has 2 aliphatic rings. The molecule has 2 fully saturated rings. The molecule has 0 radical (unpaired) electrons. The molecule has 0 aliphatic carbocycles. The third kappa shape index (κ3) is 6.54. The van der Waals surface area contributed by atoms with Crippen molar-refractivity contribution in [3.8, 4) is 11.3 Å². The Morgan fingerprint density at radius 3 is 2.79 bits per heavy atom. The molecule has 2 aromatic carbocycles. The Morgan fingerprint density at radius 1 is 1.16 bits per heavy atom. The number of aryl methyl sites for hydroxylation is 1. The summed E-state index contributed by atoms with van der Waals surface area (Å²) >= 11 is 1.87. The third-order valence-corrected chi connectivity index (χ3v) is 7.68. The maximum Gasteiger partial charge on any atom is 0.255 e. The van der Waals surface area contributed by atoms with Gasteiger partial charge in [-0.1, -0.05) is 11.2 Å². The van der Waals surface area contributed by atoms with Crippen LogP contribution in [0.2, 0.25) is 0 Å². The molecule has 10 heteroatoms. The lowest BCUT2D eigenvalue weighted by molar-refractivity contribution is -0.121. The van der Waals surface area contributed by atoms with E-state index in [4.69, 9.17) is 9.26 Å². The predicted molar refractivity (Wildman–Crippen MR) is 146 cm³/mol. The molecule has 2 N–H and O–H groups in total. The number of nitrogens with zero attached hydrogens (tertiary/aromatic N) is 2. The molecule has 38 heavy (non-hydrogen) atoms. The molecule has 0 spiro atoms. The van der Waals surface area contributed by atoms with Gasteiger partial charge in [0.2, 0.25) is 5.91 Å². The van der Waals surface area contributed by atoms with Crippen molar-refractivity contribution in [1.82, 2.24) is 10.5 Å². The van der Waals surface area contributed by atoms with Crippen LogP contribution in [0.25, 0.3) is 11.3 Å². The molecule has 0 saturated carbocycles. The molecule has 1 atom stereocenters. The van der Waals surface area contributed by atoms with Gasteiger partial charge < -0.3 is 24.8 Å². The first kappa shape index (κ1) is 26.2. The van der Waals surface area contributed by atoms with Gasteiger partial charge in [-0.3, -0.25) is 9.59 Å². The second-order valence-corrected chi connectivity index (χ2v) is 10.8. The molecule has 5 rings (SSSR count). The zero-order valence-electron chi connectivity index (χ0n) is 21.3. The maximum atomic E-state index is 14.4. The summed E-state index contributed by atoms with van der Waals surface area (Å²) in [7, 11) is 0. The summed E-state index contributed by atoms with van der Waals surface area (Å²) in [5.74, 6) is 1.42. The number of hydrogen-bond acceptors (Lipinski definition) is 7. The van der Waals surface area contributed by atoms with E-state index in [0.29, 0.717) is 23.7 Å². The smallest absolute Gasteiger partial charge is 0.255 e. The largest absolute Gasteiger partial charge is 0.376 e. The van der Waals surface area contributed by atoms with Gasteiger partial charge in [0.15, 0.2) is 0 Å². The molecule has 2 aliphatic heterocycles. The highest BCUT2D eigenvalue weighted by atomic mass is 32.2. The minimum absolute atomic E-state index is 0.0762. The van der Waals surface area contributed by atoms with Gasteiger partial charge in [-0.25, -0.2) is 4.39 Å². The van der Waals surface area contributed by atoms with Crippen LogP contribution in [0.4, 0.5) is 15.8 Å². The number of nitrogens with one attached hydrogen (secondary N) is 2. The lowest BCUT2D eigenvalue weighted by Gasteiger charge is -2.28. The minimum Gasteiger partial charge on any atom is -0.376 e. The van der Waals surface area contributed by atoms with Gasteiger partial charge in [0.25, 0.3) is 5.91 Å². The Labute approximate surface area is 225 Å². The molecule has 3 aromatic rings. The Hall–Kier alpha value is -3.37. The summed E-state index contributed by atoms with van der Waals surface area (Å²) < 4.78 is 25.3. The predicted octanol–water partition coefficient (Wildman–Crippen LogP) is 4.43. The lowest BCUT2D eigenvalue weighted by Crippen LogP contribution is -2.32. The standard InChI is InChI=1S/C28H31FN4O4S/c1-18-4-5-21(31-28(35)19-11-20(29)13-22(12-19)33-6-9-38-10-7-33)14-25(18)26-15-24(37-32-26)16-27(34)30-17-23-3-2-8-36-23/h4-5,11-15,23H,2-3,6-10,16-17H2,1H3,(H,30,34)(H,31,35). The molecule has 2 amide bonds. The quantitative estimate of drug-likeness (QED) is 0.438. The fraction of sp³-hybridized carbons (Fsp3) is 0.393. The number of hydrogen-bond donors (Lipinski definition) is 2. The van der Waals surface area contributed by atoms with E-state index in [-0.39, 0.29) is 24.0 Å². The van der Waals surface area contributed by atoms with Crippen molar-refractivity contribution in [3.05, 3.63) is 65.2 Å². The van der Waals surface area contributed by atoms with Gasteiger partial charge in [-0.15, -0.1) is 0 Å². The van der Waals surface area contributed by atoms with Crippen molar-refractivity contribution in [2.24, 2.45) is 0 Å². The van der Waals surface area contributed by atoms with Crippen LogP contribution in [0.1, 0.15) is 34.5 Å². The van der Waals surface area contributed by atoms with Crippen molar-refractivity contribution < 1.29 is 23.2 Å². The fourth-order valence-corrected chi connectivity index (χ4v) is 5.57. The molecule has 200 valence electrons. The van der Waals surface area contributed by atoms with Crippen molar-refractivity contribution in [1.29, 1.82) is 0 Å². The van der Waals surface area contributed by atoms with E-state index in [9.17, 15) is 14.0 Å². The Balaban J connectivity index is 1.25. The van der Waals surface area contributed by atoms with E-state index in [1.165, 1.54) is 12.1 Å². The summed E-state index contributed by atoms with van der Waals surface area (Å²) in [6.07, 6.45) is 2.13. The summed E-state index contributed by atoms with van der Waals surface area (Å²) in [5.41, 5.74) is 3.80. The van der Waals surface area contributed by atoms with Crippen LogP contribution >= 0.6 is 11.8 Å². The summed E-state index contributed by atoms with van der Waals surface area (Å²) in [6, 6.07) is 11.7. The van der Waals surface area contributed by atoms with Crippen LogP contribution in [0.15, 0.2) is 47.0 Å². The van der Waals surface area contributed by atoms with E-state index in [0.717, 1.165) is 60.9 Å². The van der Waals surface area contributed by atoms with E-state index in [1.807, 2.05) is 24.8 Å². The first-order chi connectivity index (χ1) is 18.4. The lowest BCUT2D eigenvalue weighted by atomic mass is 10.0. The van der Waals surface area contributed by atoms with E-state index in [1.54, 1.807) is 24.3 Å². The second-order valence-electron chi connectivity index (χ2n) is 9.58. The number of carbonyl (C=O) groups excluding carboxylic acids is 2. The van der Waals surface area contributed by atoms with Gasteiger partial charge in [-0.05, 0) is 55.7 Å². The minimum atomic E-state index is -0.439. The molecule has 1 unspecified atom stereocenters. The number of benzene rings is 2. The molecule has 8 nitrogen and oxygen atoms in total. The number of thioether (sulfide) groups is 1. The number of rotatable bonds is 8. The van der Waals surface area contributed by atoms with Gasteiger partial charge >= 0.3 is 0 Å². The average molecular weight is 539 g/mol. The van der Waals surface area contributed by atoms with Crippen molar-refractivity contribution >= 4 is 35.0 Å². The van der Waals surface area contributed by atoms with Crippen molar-refractivity contribution in [2.75, 3.05) is 48.0 Å². The normalized spacial score (nSPS) is 17.4.